The van der Waals surface area contributed by atoms with Crippen LogP contribution in [0.25, 0.3) is 0 Å². The Bertz CT molecular complexity index is 1390. The molecule has 3 aromatic rings. The van der Waals surface area contributed by atoms with Crippen LogP contribution in [-0.2, 0) is 32.8 Å². The van der Waals surface area contributed by atoms with Crippen LogP contribution in [0.3, 0.4) is 0 Å². The molecule has 8 heteroatoms. The molecule has 3 aromatic carbocycles. The molecule has 0 saturated heterocycles. The zero-order valence-corrected chi connectivity index (χ0v) is 20.4. The molecule has 7 nitrogen and oxygen atoms in total. The van der Waals surface area contributed by atoms with Crippen LogP contribution in [0.15, 0.2) is 66.7 Å². The van der Waals surface area contributed by atoms with Crippen LogP contribution in [0.5, 0.6) is 5.75 Å². The first-order valence-corrected chi connectivity index (χ1v) is 12.2. The van der Waals surface area contributed by atoms with Gasteiger partial charge in [0.05, 0.1) is 18.5 Å². The number of ether oxygens (including phenoxy) is 1. The van der Waals surface area contributed by atoms with Gasteiger partial charge in [0, 0.05) is 24.0 Å². The lowest BCUT2D eigenvalue weighted by atomic mass is 9.81. The van der Waals surface area contributed by atoms with Gasteiger partial charge in [0.15, 0.2) is 0 Å². The Hall–Kier alpha value is -4.20. The third-order valence-corrected chi connectivity index (χ3v) is 7.34. The molecule has 2 atom stereocenters. The highest BCUT2D eigenvalue weighted by Crippen LogP contribution is 2.48. The number of carboxylic acids is 1. The molecule has 2 amide bonds. The van der Waals surface area contributed by atoms with Crippen LogP contribution >= 0.6 is 0 Å². The fraction of sp³-hybridized carbons (Fsp3) is 0.276. The minimum Gasteiger partial charge on any atom is -0.497 e. The summed E-state index contributed by atoms with van der Waals surface area (Å²) in [7, 11) is 1.48. The molecule has 0 fully saturated rings. The molecule has 0 saturated carbocycles. The predicted octanol–water partition coefficient (Wildman–Crippen LogP) is 4.49. The van der Waals surface area contributed by atoms with Crippen molar-refractivity contribution in [2.24, 2.45) is 5.92 Å². The number of fused-ring (bicyclic) bond motifs is 2. The third kappa shape index (κ3) is 4.33. The highest BCUT2D eigenvalue weighted by molar-refractivity contribution is 6.14. The Morgan fingerprint density at radius 3 is 2.54 bits per heavy atom. The smallest absolute Gasteiger partial charge is 0.303 e. The number of methoxy groups -OCH3 is 1. The Balaban J connectivity index is 1.58. The number of hydrogen-bond donors (Lipinski definition) is 2. The first-order chi connectivity index (χ1) is 17.8. The summed E-state index contributed by atoms with van der Waals surface area (Å²) in [5.41, 5.74) is 1.38. The van der Waals surface area contributed by atoms with Gasteiger partial charge in [-0.2, -0.15) is 0 Å². The number of aliphatic carboxylic acids is 1. The zero-order valence-electron chi connectivity index (χ0n) is 20.4. The largest absolute Gasteiger partial charge is 0.497 e. The van der Waals surface area contributed by atoms with Crippen molar-refractivity contribution in [3.63, 3.8) is 0 Å². The monoisotopic (exact) mass is 502 g/mol. The van der Waals surface area contributed by atoms with E-state index in [1.807, 2.05) is 24.3 Å². The molecule has 1 unspecified atom stereocenters. The first-order valence-electron chi connectivity index (χ1n) is 12.2. The van der Waals surface area contributed by atoms with Gasteiger partial charge in [-0.15, -0.1) is 0 Å². The molecular weight excluding hydrogens is 475 g/mol. The van der Waals surface area contributed by atoms with Crippen molar-refractivity contribution in [3.05, 3.63) is 89.2 Å². The van der Waals surface area contributed by atoms with E-state index in [1.54, 1.807) is 24.3 Å². The maximum absolute atomic E-state index is 14.9. The van der Waals surface area contributed by atoms with Crippen molar-refractivity contribution < 1.29 is 28.6 Å². The van der Waals surface area contributed by atoms with Crippen molar-refractivity contribution in [3.8, 4) is 5.75 Å². The molecular formula is C29H27FN2O5. The summed E-state index contributed by atoms with van der Waals surface area (Å²) in [6, 6.07) is 18.7. The number of hydrogen-bond acceptors (Lipinski definition) is 4. The van der Waals surface area contributed by atoms with E-state index >= 15 is 0 Å². The number of anilines is 2. The normalized spacial score (nSPS) is 20.2. The van der Waals surface area contributed by atoms with Gasteiger partial charge < -0.3 is 15.2 Å². The molecule has 0 radical (unpaired) electrons. The lowest BCUT2D eigenvalue weighted by molar-refractivity contribution is -0.139. The fourth-order valence-electron chi connectivity index (χ4n) is 5.43. The van der Waals surface area contributed by atoms with E-state index in [4.69, 9.17) is 4.74 Å². The van der Waals surface area contributed by atoms with Gasteiger partial charge in [-0.3, -0.25) is 19.3 Å². The van der Waals surface area contributed by atoms with Crippen LogP contribution in [-0.4, -0.2) is 30.0 Å². The van der Waals surface area contributed by atoms with Crippen molar-refractivity contribution >= 4 is 29.2 Å². The molecule has 5 rings (SSSR count). The van der Waals surface area contributed by atoms with Gasteiger partial charge in [-0.1, -0.05) is 42.5 Å². The Morgan fingerprint density at radius 1 is 1.08 bits per heavy atom. The number of carbonyl (C=O) groups is 3. The van der Waals surface area contributed by atoms with Crippen LogP contribution < -0.4 is 15.0 Å². The van der Waals surface area contributed by atoms with E-state index in [1.165, 1.54) is 35.8 Å². The van der Waals surface area contributed by atoms with Gasteiger partial charge in [-0.25, -0.2) is 4.39 Å². The second-order valence-corrected chi connectivity index (χ2v) is 9.47. The Kier molecular flexibility index (Phi) is 6.41. The average Bonchev–Trinajstić information content (AvgIpc) is 3.14. The summed E-state index contributed by atoms with van der Waals surface area (Å²) in [6.45, 7) is 0. The number of aryl methyl sites for hydroxylation is 1. The minimum absolute atomic E-state index is 0.0139. The summed E-state index contributed by atoms with van der Waals surface area (Å²) in [5.74, 6) is -2.59. The number of nitrogens with one attached hydrogen (secondary N) is 1. The summed E-state index contributed by atoms with van der Waals surface area (Å²) >= 11 is 0. The summed E-state index contributed by atoms with van der Waals surface area (Å²) in [4.78, 5) is 40.7. The lowest BCUT2D eigenvalue weighted by Gasteiger charge is -2.33. The zero-order chi connectivity index (χ0) is 26.2. The molecule has 0 aromatic heterocycles. The van der Waals surface area contributed by atoms with E-state index in [0.29, 0.717) is 29.8 Å². The van der Waals surface area contributed by atoms with Crippen molar-refractivity contribution in [2.45, 2.75) is 37.6 Å². The topological polar surface area (TPSA) is 95.9 Å². The van der Waals surface area contributed by atoms with Gasteiger partial charge in [0.25, 0.3) is 5.91 Å². The second kappa shape index (κ2) is 9.69. The highest BCUT2D eigenvalue weighted by atomic mass is 19.1. The van der Waals surface area contributed by atoms with E-state index in [2.05, 4.69) is 5.32 Å². The van der Waals surface area contributed by atoms with E-state index in [0.717, 1.165) is 12.0 Å². The molecule has 0 bridgehead atoms. The SMILES string of the molecule is COc1ccc2c(c1)N(c1ccccc1F)C(=O)[C@@]2(CCC(=O)O)NC(=O)C1CCc2ccccc2C1. The second-order valence-electron chi connectivity index (χ2n) is 9.47. The number of para-hydroxylation sites is 1. The van der Waals surface area contributed by atoms with Crippen LogP contribution in [0.2, 0.25) is 0 Å². The molecule has 1 aliphatic heterocycles. The quantitative estimate of drug-likeness (QED) is 0.496. The van der Waals surface area contributed by atoms with Crippen LogP contribution in [0.1, 0.15) is 36.0 Å². The number of nitrogens with zero attached hydrogens (tertiary/aromatic N) is 1. The van der Waals surface area contributed by atoms with Gasteiger partial charge in [-0.05, 0) is 55.0 Å². The fourth-order valence-corrected chi connectivity index (χ4v) is 5.43. The predicted molar refractivity (Wildman–Crippen MR) is 135 cm³/mol. The molecule has 1 aliphatic carbocycles. The number of halogens is 1. The van der Waals surface area contributed by atoms with Crippen LogP contribution in [0, 0.1) is 11.7 Å². The lowest BCUT2D eigenvalue weighted by Crippen LogP contribution is -2.54. The van der Waals surface area contributed by atoms with Gasteiger partial charge in [0.1, 0.15) is 17.1 Å². The minimum atomic E-state index is -1.67. The Morgan fingerprint density at radius 2 is 1.81 bits per heavy atom. The maximum Gasteiger partial charge on any atom is 0.303 e. The highest BCUT2D eigenvalue weighted by Gasteiger charge is 2.53. The van der Waals surface area contributed by atoms with Crippen molar-refractivity contribution in [2.75, 3.05) is 12.0 Å². The maximum atomic E-state index is 14.9. The molecule has 0 spiro atoms. The van der Waals surface area contributed by atoms with Crippen LogP contribution in [0.4, 0.5) is 15.8 Å². The number of rotatable bonds is 7. The van der Waals surface area contributed by atoms with Gasteiger partial charge >= 0.3 is 5.97 Å². The summed E-state index contributed by atoms with van der Waals surface area (Å²) in [5, 5.41) is 12.5. The van der Waals surface area contributed by atoms with Crippen molar-refractivity contribution in [1.29, 1.82) is 0 Å². The molecule has 1 heterocycles. The summed E-state index contributed by atoms with van der Waals surface area (Å²) in [6.07, 6.45) is 1.33. The molecule has 2 aliphatic rings. The number of amides is 2. The number of benzene rings is 3. The first kappa shape index (κ1) is 24.5. The average molecular weight is 503 g/mol. The van der Waals surface area contributed by atoms with E-state index in [-0.39, 0.29) is 30.4 Å². The summed E-state index contributed by atoms with van der Waals surface area (Å²) < 4.78 is 20.3. The number of carboxylic acid groups (broad SMARTS) is 1. The molecule has 2 N–H and O–H groups in total. The third-order valence-electron chi connectivity index (χ3n) is 7.34. The molecule has 190 valence electrons. The molecule has 37 heavy (non-hydrogen) atoms. The van der Waals surface area contributed by atoms with E-state index in [9.17, 15) is 23.9 Å². The Labute approximate surface area is 213 Å². The van der Waals surface area contributed by atoms with E-state index < -0.39 is 23.2 Å². The number of carbonyl (C=O) groups excluding carboxylic acids is 2. The van der Waals surface area contributed by atoms with Gasteiger partial charge in [0.2, 0.25) is 5.91 Å². The standard InChI is InChI=1S/C29H27FN2O5/c1-37-21-12-13-22-25(17-21)32(24-9-5-4-8-23(24)30)28(36)29(22,15-14-26(33)34)31-27(35)20-11-10-18-6-2-3-7-19(18)16-20/h2-9,12-13,17,20H,10-11,14-16H2,1H3,(H,31,35)(H,33,34)/t20?,29-/m0/s1. The van der Waals surface area contributed by atoms with Crippen molar-refractivity contribution in [1.82, 2.24) is 5.32 Å².